The van der Waals surface area contributed by atoms with Gasteiger partial charge < -0.3 is 5.32 Å². The van der Waals surface area contributed by atoms with Crippen LogP contribution in [-0.4, -0.2) is 57.7 Å². The van der Waals surface area contributed by atoms with Crippen molar-refractivity contribution in [2.24, 2.45) is 0 Å². The molecule has 2 aliphatic rings. The van der Waals surface area contributed by atoms with E-state index in [4.69, 9.17) is 0 Å². The molecule has 2 saturated heterocycles. The van der Waals surface area contributed by atoms with Crippen molar-refractivity contribution in [3.8, 4) is 0 Å². The molecule has 1 aromatic rings. The zero-order valence-corrected chi connectivity index (χ0v) is 15.5. The molecule has 0 bridgehead atoms. The Labute approximate surface area is 148 Å². The second kappa shape index (κ2) is 7.05. The van der Waals surface area contributed by atoms with Gasteiger partial charge in [-0.3, -0.25) is 4.79 Å². The summed E-state index contributed by atoms with van der Waals surface area (Å²) in [6.07, 6.45) is 3.10. The van der Waals surface area contributed by atoms with Gasteiger partial charge in [-0.15, -0.1) is 0 Å². The number of benzene rings is 1. The molecule has 1 atom stereocenters. The van der Waals surface area contributed by atoms with Crippen molar-refractivity contribution in [2.75, 3.05) is 24.6 Å². The maximum absolute atomic E-state index is 12.7. The highest BCUT2D eigenvalue weighted by atomic mass is 32.2. The van der Waals surface area contributed by atoms with Crippen molar-refractivity contribution in [1.82, 2.24) is 9.62 Å². The SMILES string of the molecule is O=C(N[C@H]1CCS(=O)(=O)C1)c1cccc(S(=O)(=O)N2CCCCC2)c1. The summed E-state index contributed by atoms with van der Waals surface area (Å²) in [5.41, 5.74) is 0.224. The van der Waals surface area contributed by atoms with E-state index in [1.54, 1.807) is 0 Å². The van der Waals surface area contributed by atoms with Gasteiger partial charge in [0, 0.05) is 24.7 Å². The van der Waals surface area contributed by atoms with E-state index >= 15 is 0 Å². The van der Waals surface area contributed by atoms with Crippen LogP contribution in [0.5, 0.6) is 0 Å². The molecular formula is C16H22N2O5S2. The molecule has 7 nitrogen and oxygen atoms in total. The third kappa shape index (κ3) is 4.21. The van der Waals surface area contributed by atoms with E-state index in [1.807, 2.05) is 0 Å². The third-order valence-electron chi connectivity index (χ3n) is 4.62. The molecule has 0 aliphatic carbocycles. The Morgan fingerprint density at radius 2 is 1.88 bits per heavy atom. The van der Waals surface area contributed by atoms with Gasteiger partial charge in [-0.05, 0) is 37.5 Å². The topological polar surface area (TPSA) is 101 Å². The van der Waals surface area contributed by atoms with Crippen LogP contribution in [0.1, 0.15) is 36.0 Å². The lowest BCUT2D eigenvalue weighted by molar-refractivity contribution is 0.0941. The van der Waals surface area contributed by atoms with Crippen molar-refractivity contribution in [3.05, 3.63) is 29.8 Å². The molecular weight excluding hydrogens is 364 g/mol. The lowest BCUT2D eigenvalue weighted by atomic mass is 10.2. The first kappa shape index (κ1) is 18.3. The Hall–Kier alpha value is -1.45. The highest BCUT2D eigenvalue weighted by Gasteiger charge is 2.30. The van der Waals surface area contributed by atoms with E-state index in [0.29, 0.717) is 19.5 Å². The summed E-state index contributed by atoms with van der Waals surface area (Å²) in [4.78, 5) is 12.5. The number of carbonyl (C=O) groups excluding carboxylic acids is 1. The molecule has 2 fully saturated rings. The van der Waals surface area contributed by atoms with Gasteiger partial charge in [0.2, 0.25) is 10.0 Å². The molecule has 3 rings (SSSR count). The van der Waals surface area contributed by atoms with Crippen LogP contribution in [0.4, 0.5) is 0 Å². The van der Waals surface area contributed by atoms with Gasteiger partial charge in [-0.1, -0.05) is 12.5 Å². The van der Waals surface area contributed by atoms with Crippen molar-refractivity contribution in [2.45, 2.75) is 36.6 Å². The van der Waals surface area contributed by atoms with Crippen molar-refractivity contribution in [3.63, 3.8) is 0 Å². The molecule has 0 spiro atoms. The Balaban J connectivity index is 1.76. The Kier molecular flexibility index (Phi) is 5.17. The normalized spacial score (nSPS) is 24.1. The average molecular weight is 386 g/mol. The predicted octanol–water partition coefficient (Wildman–Crippen LogP) is 0.778. The van der Waals surface area contributed by atoms with E-state index in [2.05, 4.69) is 5.32 Å². The number of amides is 1. The monoisotopic (exact) mass is 386 g/mol. The molecule has 1 N–H and O–H groups in total. The number of nitrogens with zero attached hydrogens (tertiary/aromatic N) is 1. The maximum Gasteiger partial charge on any atom is 0.251 e. The molecule has 0 aromatic heterocycles. The van der Waals surface area contributed by atoms with E-state index in [-0.39, 0.29) is 22.0 Å². The zero-order chi connectivity index (χ0) is 18.1. The first-order valence-electron chi connectivity index (χ1n) is 8.39. The molecule has 0 radical (unpaired) electrons. The molecule has 2 aliphatic heterocycles. The highest BCUT2D eigenvalue weighted by Crippen LogP contribution is 2.21. The van der Waals surface area contributed by atoms with Crippen LogP contribution in [0.2, 0.25) is 0 Å². The van der Waals surface area contributed by atoms with Crippen LogP contribution >= 0.6 is 0 Å². The van der Waals surface area contributed by atoms with Gasteiger partial charge in [0.25, 0.3) is 5.91 Å². The van der Waals surface area contributed by atoms with Gasteiger partial charge in [0.1, 0.15) is 0 Å². The first-order chi connectivity index (χ1) is 11.8. The Bertz CT molecular complexity index is 858. The summed E-state index contributed by atoms with van der Waals surface area (Å²) in [6, 6.07) is 5.51. The quantitative estimate of drug-likeness (QED) is 0.824. The van der Waals surface area contributed by atoms with Crippen molar-refractivity contribution in [1.29, 1.82) is 0 Å². The zero-order valence-electron chi connectivity index (χ0n) is 13.8. The summed E-state index contributed by atoms with van der Waals surface area (Å²) in [5, 5.41) is 2.68. The van der Waals surface area contributed by atoms with Crippen molar-refractivity contribution < 1.29 is 21.6 Å². The number of sulfonamides is 1. The first-order valence-corrected chi connectivity index (χ1v) is 11.7. The molecule has 25 heavy (non-hydrogen) atoms. The van der Waals surface area contributed by atoms with Crippen LogP contribution in [0.25, 0.3) is 0 Å². The Morgan fingerprint density at radius 1 is 1.16 bits per heavy atom. The van der Waals surface area contributed by atoms with Crippen LogP contribution < -0.4 is 5.32 Å². The number of piperidine rings is 1. The van der Waals surface area contributed by atoms with Crippen LogP contribution in [0.15, 0.2) is 29.2 Å². The summed E-state index contributed by atoms with van der Waals surface area (Å²) in [7, 11) is -6.69. The largest absolute Gasteiger partial charge is 0.348 e. The van der Waals surface area contributed by atoms with Gasteiger partial charge in [0.15, 0.2) is 9.84 Å². The third-order valence-corrected chi connectivity index (χ3v) is 8.28. The smallest absolute Gasteiger partial charge is 0.251 e. The van der Waals surface area contributed by atoms with Gasteiger partial charge in [-0.2, -0.15) is 4.31 Å². The average Bonchev–Trinajstić information content (AvgIpc) is 2.94. The number of carbonyl (C=O) groups is 1. The standard InChI is InChI=1S/C16H22N2O5S2/c19-16(17-14-7-10-24(20,21)12-14)13-5-4-6-15(11-13)25(22,23)18-8-2-1-3-9-18/h4-6,11,14H,1-3,7-10,12H2,(H,17,19)/t14-/m0/s1. The molecule has 9 heteroatoms. The fourth-order valence-corrected chi connectivity index (χ4v) is 6.47. The second-order valence-electron chi connectivity index (χ2n) is 6.57. The van der Waals surface area contributed by atoms with Crippen LogP contribution in [-0.2, 0) is 19.9 Å². The van der Waals surface area contributed by atoms with Gasteiger partial charge in [0.05, 0.1) is 16.4 Å². The Morgan fingerprint density at radius 3 is 2.52 bits per heavy atom. The fraction of sp³-hybridized carbons (Fsp3) is 0.562. The molecule has 0 unspecified atom stereocenters. The highest BCUT2D eigenvalue weighted by molar-refractivity contribution is 7.91. The number of hydrogen-bond acceptors (Lipinski definition) is 5. The molecule has 2 heterocycles. The minimum Gasteiger partial charge on any atom is -0.348 e. The minimum atomic E-state index is -3.61. The molecule has 1 aromatic carbocycles. The summed E-state index contributed by atoms with van der Waals surface area (Å²) >= 11 is 0. The van der Waals surface area contributed by atoms with E-state index in [1.165, 1.54) is 28.6 Å². The van der Waals surface area contributed by atoms with E-state index < -0.39 is 31.8 Å². The van der Waals surface area contributed by atoms with Gasteiger partial charge >= 0.3 is 0 Å². The van der Waals surface area contributed by atoms with Gasteiger partial charge in [-0.25, -0.2) is 16.8 Å². The van der Waals surface area contributed by atoms with E-state index in [0.717, 1.165) is 19.3 Å². The predicted molar refractivity (Wildman–Crippen MR) is 93.6 cm³/mol. The van der Waals surface area contributed by atoms with Crippen LogP contribution in [0, 0.1) is 0 Å². The second-order valence-corrected chi connectivity index (χ2v) is 10.7. The molecule has 0 saturated carbocycles. The summed E-state index contributed by atoms with van der Waals surface area (Å²) in [6.45, 7) is 0.997. The summed E-state index contributed by atoms with van der Waals surface area (Å²) < 4.78 is 49.8. The minimum absolute atomic E-state index is 0.0650. The number of sulfone groups is 1. The number of nitrogens with one attached hydrogen (secondary N) is 1. The molecule has 1 amide bonds. The lowest BCUT2D eigenvalue weighted by Gasteiger charge is -2.26. The summed E-state index contributed by atoms with van der Waals surface area (Å²) in [5.74, 6) is -0.441. The lowest BCUT2D eigenvalue weighted by Crippen LogP contribution is -2.36. The maximum atomic E-state index is 12.7. The molecule has 138 valence electrons. The van der Waals surface area contributed by atoms with Crippen LogP contribution in [0.3, 0.4) is 0 Å². The number of rotatable bonds is 4. The van der Waals surface area contributed by atoms with Crippen molar-refractivity contribution >= 4 is 25.8 Å². The fourth-order valence-electron chi connectivity index (χ4n) is 3.23. The van der Waals surface area contributed by atoms with E-state index in [9.17, 15) is 21.6 Å². The number of hydrogen-bond donors (Lipinski definition) is 1.